The first-order chi connectivity index (χ1) is 21.2. The van der Waals surface area contributed by atoms with Crippen LogP contribution in [0, 0.1) is 30.6 Å². The molecule has 0 bridgehead atoms. The molecule has 3 aromatic carbocycles. The Balaban J connectivity index is 1.48. The summed E-state index contributed by atoms with van der Waals surface area (Å²) < 4.78 is 5.74. The molecule has 0 radical (unpaired) electrons. The number of hydrogen-bond donors (Lipinski definition) is 3. The Hall–Kier alpha value is -4.96. The number of benzene rings is 3. The van der Waals surface area contributed by atoms with Crippen molar-refractivity contribution in [1.82, 2.24) is 10.1 Å². The number of nitrogens with zero attached hydrogens (tertiary/aromatic N) is 2. The third kappa shape index (κ3) is 3.77. The lowest BCUT2D eigenvalue weighted by Gasteiger charge is -2.50. The molecule has 7 rings (SSSR count). The van der Waals surface area contributed by atoms with Gasteiger partial charge in [-0.15, -0.1) is 0 Å². The number of ether oxygens (including phenoxy) is 1. The van der Waals surface area contributed by atoms with Crippen molar-refractivity contribution in [2.45, 2.75) is 31.1 Å². The predicted octanol–water partition coefficient (Wildman–Crippen LogP) is 4.08. The van der Waals surface area contributed by atoms with E-state index in [1.54, 1.807) is 18.2 Å². The van der Waals surface area contributed by atoms with E-state index in [1.807, 2.05) is 55.5 Å². The third-order valence-corrected chi connectivity index (χ3v) is 9.90. The highest BCUT2D eigenvalue weighted by molar-refractivity contribution is 6.13. The van der Waals surface area contributed by atoms with Gasteiger partial charge in [-0.05, 0) is 49.4 Å². The molecule has 2 aliphatic carbocycles. The Bertz CT molecular complexity index is 1740. The number of aryl methyl sites for hydroxylation is 1. The number of imide groups is 2. The van der Waals surface area contributed by atoms with E-state index in [0.29, 0.717) is 22.6 Å². The molecule has 0 aromatic heterocycles. The molecule has 0 unspecified atom stereocenters. The summed E-state index contributed by atoms with van der Waals surface area (Å²) in [6.45, 7) is 1.94. The van der Waals surface area contributed by atoms with E-state index in [0.717, 1.165) is 16.1 Å². The largest absolute Gasteiger partial charge is 0.508 e. The highest BCUT2D eigenvalue weighted by Crippen LogP contribution is 2.64. The van der Waals surface area contributed by atoms with Crippen molar-refractivity contribution in [3.05, 3.63) is 101 Å². The van der Waals surface area contributed by atoms with Crippen LogP contribution in [0.2, 0.25) is 0 Å². The molecule has 2 aliphatic heterocycles. The van der Waals surface area contributed by atoms with Crippen LogP contribution in [-0.2, 0) is 24.6 Å². The zero-order chi connectivity index (χ0) is 30.9. The minimum absolute atomic E-state index is 0.0371. The van der Waals surface area contributed by atoms with Crippen molar-refractivity contribution in [3.8, 4) is 11.5 Å². The number of carbonyl (C=O) groups excluding carboxylic acids is 4. The Labute approximate surface area is 253 Å². The molecule has 4 aliphatic rings. The van der Waals surface area contributed by atoms with Gasteiger partial charge in [0.2, 0.25) is 0 Å². The minimum Gasteiger partial charge on any atom is -0.508 e. The Kier molecular flexibility index (Phi) is 6.36. The van der Waals surface area contributed by atoms with Crippen molar-refractivity contribution in [1.29, 1.82) is 0 Å². The van der Waals surface area contributed by atoms with Crippen LogP contribution in [-0.4, -0.2) is 51.1 Å². The molecule has 224 valence electrons. The van der Waals surface area contributed by atoms with Crippen LogP contribution in [0.15, 0.2) is 84.4 Å². The summed E-state index contributed by atoms with van der Waals surface area (Å²) in [6, 6.07) is 21.1. The average molecular weight is 594 g/mol. The molecule has 3 N–H and O–H groups in total. The molecule has 3 fully saturated rings. The van der Waals surface area contributed by atoms with Crippen LogP contribution >= 0.6 is 0 Å². The summed E-state index contributed by atoms with van der Waals surface area (Å²) in [7, 11) is 1.46. The first-order valence-corrected chi connectivity index (χ1v) is 14.6. The maximum atomic E-state index is 15.0. The number of allylic oxidation sites excluding steroid dienone is 2. The Morgan fingerprint density at radius 3 is 2.34 bits per heavy atom. The number of amides is 4. The lowest BCUT2D eigenvalue weighted by molar-refractivity contribution is -0.173. The summed E-state index contributed by atoms with van der Waals surface area (Å²) in [6.07, 6.45) is 2.20. The molecular weight excluding hydrogens is 562 g/mol. The number of anilines is 1. The highest BCUT2D eigenvalue weighted by Gasteiger charge is 2.70. The van der Waals surface area contributed by atoms with Crippen molar-refractivity contribution in [3.63, 3.8) is 0 Å². The van der Waals surface area contributed by atoms with Crippen LogP contribution in [0.5, 0.6) is 11.5 Å². The molecule has 2 heterocycles. The van der Waals surface area contributed by atoms with Crippen LogP contribution in [0.1, 0.15) is 35.4 Å². The number of hydrazine groups is 1. The molecule has 2 saturated heterocycles. The number of hydrogen-bond acceptors (Lipinski definition) is 8. The molecule has 10 nitrogen and oxygen atoms in total. The number of methoxy groups -OCH3 is 1. The van der Waals surface area contributed by atoms with Gasteiger partial charge in [-0.25, -0.2) is 0 Å². The topological polar surface area (TPSA) is 136 Å². The van der Waals surface area contributed by atoms with Gasteiger partial charge in [-0.1, -0.05) is 65.7 Å². The number of hydroxylamine groups is 2. The van der Waals surface area contributed by atoms with Crippen molar-refractivity contribution >= 4 is 29.3 Å². The molecule has 0 spiro atoms. The SMILES string of the molecule is COc1cc(O)ccc1[C@H]1C2=CC[C@@H]3C(=O)N(O)C(=O)[C@@H]3[C@@H]2C[C@H]2C(=O)N(Nc3ccc(C)cc3)C(=O)[C@@]12c1ccccc1. The van der Waals surface area contributed by atoms with E-state index in [4.69, 9.17) is 4.74 Å². The van der Waals surface area contributed by atoms with E-state index in [2.05, 4.69) is 5.43 Å². The maximum Gasteiger partial charge on any atom is 0.260 e. The monoisotopic (exact) mass is 593 g/mol. The van der Waals surface area contributed by atoms with Gasteiger partial charge in [-0.3, -0.25) is 29.8 Å². The van der Waals surface area contributed by atoms with Gasteiger partial charge in [0.05, 0.1) is 36.0 Å². The number of aromatic hydroxyl groups is 1. The van der Waals surface area contributed by atoms with Crippen molar-refractivity contribution in [2.75, 3.05) is 12.5 Å². The lowest BCUT2D eigenvalue weighted by atomic mass is 9.49. The van der Waals surface area contributed by atoms with Gasteiger partial charge in [0.1, 0.15) is 11.5 Å². The lowest BCUT2D eigenvalue weighted by Crippen LogP contribution is -2.53. The van der Waals surface area contributed by atoms with Gasteiger partial charge in [0.15, 0.2) is 0 Å². The summed E-state index contributed by atoms with van der Waals surface area (Å²) in [5.41, 5.74) is 5.08. The number of carbonyl (C=O) groups is 4. The van der Waals surface area contributed by atoms with E-state index in [-0.39, 0.29) is 23.7 Å². The molecule has 44 heavy (non-hydrogen) atoms. The quantitative estimate of drug-likeness (QED) is 0.229. The maximum absolute atomic E-state index is 15.0. The van der Waals surface area contributed by atoms with E-state index in [1.165, 1.54) is 19.2 Å². The second-order valence-electron chi connectivity index (χ2n) is 12.0. The number of rotatable bonds is 5. The number of fused-ring (bicyclic) bond motifs is 4. The molecule has 1 saturated carbocycles. The number of phenolic OH excluding ortho intramolecular Hbond substituents is 1. The van der Waals surface area contributed by atoms with Gasteiger partial charge in [-0.2, -0.15) is 10.1 Å². The number of phenols is 1. The van der Waals surface area contributed by atoms with Gasteiger partial charge >= 0.3 is 0 Å². The summed E-state index contributed by atoms with van der Waals surface area (Å²) >= 11 is 0. The zero-order valence-corrected chi connectivity index (χ0v) is 24.1. The average Bonchev–Trinajstić information content (AvgIpc) is 3.39. The Morgan fingerprint density at radius 1 is 0.909 bits per heavy atom. The molecule has 4 amide bonds. The first-order valence-electron chi connectivity index (χ1n) is 14.6. The standard InChI is InChI=1S/C34H31N3O7/c1-18-8-10-20(11-9-18)35-36-31(40)26-17-25-22(14-15-24-28(25)32(41)37(43)30(24)39)29(23-13-12-21(38)16-27(23)44-2)34(26,33(36)42)19-6-4-3-5-7-19/h3-14,16,24-26,28-29,35,38,43H,15,17H2,1-2H3/t24-,25+,26-,28-,29+,34+/m0/s1. The fourth-order valence-electron chi connectivity index (χ4n) is 8.01. The van der Waals surface area contributed by atoms with E-state index < -0.39 is 58.6 Å². The van der Waals surface area contributed by atoms with Crippen LogP contribution in [0.4, 0.5) is 5.69 Å². The van der Waals surface area contributed by atoms with Crippen LogP contribution < -0.4 is 10.2 Å². The second-order valence-corrected chi connectivity index (χ2v) is 12.0. The van der Waals surface area contributed by atoms with Gasteiger partial charge < -0.3 is 9.84 Å². The summed E-state index contributed by atoms with van der Waals surface area (Å²) in [5.74, 6) is -5.99. The molecule has 10 heteroatoms. The van der Waals surface area contributed by atoms with Crippen molar-refractivity contribution < 1.29 is 34.2 Å². The second kappa shape index (κ2) is 10.1. The minimum atomic E-state index is -1.46. The molecule has 6 atom stereocenters. The number of nitrogens with one attached hydrogen (secondary N) is 1. The van der Waals surface area contributed by atoms with E-state index >= 15 is 4.79 Å². The first kappa shape index (κ1) is 27.8. The Morgan fingerprint density at radius 2 is 1.64 bits per heavy atom. The van der Waals surface area contributed by atoms with Gasteiger partial charge in [0, 0.05) is 17.5 Å². The van der Waals surface area contributed by atoms with Crippen molar-refractivity contribution in [2.24, 2.45) is 23.7 Å². The third-order valence-electron chi connectivity index (χ3n) is 9.90. The smallest absolute Gasteiger partial charge is 0.260 e. The van der Waals surface area contributed by atoms with Crippen LogP contribution in [0.3, 0.4) is 0 Å². The van der Waals surface area contributed by atoms with E-state index in [9.17, 15) is 24.7 Å². The van der Waals surface area contributed by atoms with Crippen LogP contribution in [0.25, 0.3) is 0 Å². The van der Waals surface area contributed by atoms with Gasteiger partial charge in [0.25, 0.3) is 23.6 Å². The zero-order valence-electron chi connectivity index (χ0n) is 24.1. The summed E-state index contributed by atoms with van der Waals surface area (Å²) in [5, 5.41) is 22.0. The summed E-state index contributed by atoms with van der Waals surface area (Å²) in [4.78, 5) is 55.7. The molecular formula is C34H31N3O7. The fraction of sp³-hybridized carbons (Fsp3) is 0.294. The highest BCUT2D eigenvalue weighted by atomic mass is 16.5. The normalized spacial score (nSPS) is 29.2. The molecule has 3 aromatic rings. The predicted molar refractivity (Wildman–Crippen MR) is 157 cm³/mol. The fourth-order valence-corrected chi connectivity index (χ4v) is 8.01.